The molecule has 0 bridgehead atoms. The Morgan fingerprint density at radius 3 is 2.12 bits per heavy atom. The minimum absolute atomic E-state index is 0. The molecular formula is C43H27N5OPd. The minimum Gasteiger partial charge on any atom is -0.503 e. The van der Waals surface area contributed by atoms with Crippen LogP contribution in [-0.2, 0) is 20.4 Å². The number of rotatable bonds is 4. The number of para-hydroxylation sites is 3. The van der Waals surface area contributed by atoms with Crippen molar-refractivity contribution in [1.82, 2.24) is 23.9 Å². The van der Waals surface area contributed by atoms with E-state index in [9.17, 15) is 0 Å². The average molecular weight is 736 g/mol. The zero-order chi connectivity index (χ0) is 32.6. The molecule has 0 aliphatic rings. The van der Waals surface area contributed by atoms with Crippen molar-refractivity contribution in [3.8, 4) is 28.6 Å². The molecule has 0 atom stereocenters. The van der Waals surface area contributed by atoms with Crippen molar-refractivity contribution in [1.29, 1.82) is 0 Å². The molecule has 5 aromatic carbocycles. The summed E-state index contributed by atoms with van der Waals surface area (Å²) in [4.78, 5) is 15.1. The van der Waals surface area contributed by atoms with E-state index in [0.29, 0.717) is 11.5 Å². The van der Waals surface area contributed by atoms with Gasteiger partial charge in [0.1, 0.15) is 11.5 Å². The molecule has 5 heterocycles. The normalized spacial score (nSPS) is 11.6. The molecule has 10 aromatic rings. The van der Waals surface area contributed by atoms with Gasteiger partial charge in [0.25, 0.3) is 0 Å². The predicted octanol–water partition coefficient (Wildman–Crippen LogP) is 10.4. The summed E-state index contributed by atoms with van der Waals surface area (Å²) >= 11 is 0. The van der Waals surface area contributed by atoms with Gasteiger partial charge in [-0.05, 0) is 72.1 Å². The number of benzene rings is 5. The molecule has 0 aliphatic carbocycles. The van der Waals surface area contributed by atoms with Crippen LogP contribution in [0.15, 0.2) is 128 Å². The van der Waals surface area contributed by atoms with Crippen molar-refractivity contribution < 1.29 is 25.2 Å². The topological polar surface area (TPSA) is 57.2 Å². The van der Waals surface area contributed by atoms with Crippen molar-refractivity contribution in [3.63, 3.8) is 0 Å². The molecule has 50 heavy (non-hydrogen) atoms. The molecule has 0 fully saturated rings. The molecule has 0 unspecified atom stereocenters. The van der Waals surface area contributed by atoms with Crippen LogP contribution >= 0.6 is 0 Å². The van der Waals surface area contributed by atoms with Crippen molar-refractivity contribution >= 4 is 60.3 Å². The first-order valence-corrected chi connectivity index (χ1v) is 16.3. The molecule has 0 radical (unpaired) electrons. The maximum absolute atomic E-state index is 6.52. The van der Waals surface area contributed by atoms with Crippen LogP contribution < -0.4 is 4.74 Å². The third-order valence-corrected chi connectivity index (χ3v) is 9.47. The summed E-state index contributed by atoms with van der Waals surface area (Å²) < 4.78 is 10.8. The maximum Gasteiger partial charge on any atom is 2.00 e. The second-order valence-corrected chi connectivity index (χ2v) is 12.4. The number of hydrogen-bond donors (Lipinski definition) is 0. The predicted molar refractivity (Wildman–Crippen MR) is 197 cm³/mol. The first kappa shape index (κ1) is 30.2. The zero-order valence-corrected chi connectivity index (χ0v) is 28.6. The van der Waals surface area contributed by atoms with E-state index in [4.69, 9.17) is 14.7 Å². The van der Waals surface area contributed by atoms with Crippen molar-refractivity contribution in [3.05, 3.63) is 151 Å². The molecule has 5 aromatic heterocycles. The second-order valence-electron chi connectivity index (χ2n) is 12.4. The fourth-order valence-corrected chi connectivity index (χ4v) is 7.31. The summed E-state index contributed by atoms with van der Waals surface area (Å²) in [5, 5.41) is 5.13. The zero-order valence-electron chi connectivity index (χ0n) is 27.1. The van der Waals surface area contributed by atoms with Gasteiger partial charge in [0, 0.05) is 28.8 Å². The van der Waals surface area contributed by atoms with Crippen LogP contribution in [0.3, 0.4) is 0 Å². The van der Waals surface area contributed by atoms with Gasteiger partial charge in [-0.15, -0.1) is 29.7 Å². The van der Waals surface area contributed by atoms with E-state index in [2.05, 4.69) is 107 Å². The van der Waals surface area contributed by atoms with Crippen LogP contribution in [0.1, 0.15) is 11.1 Å². The van der Waals surface area contributed by atoms with Gasteiger partial charge in [-0.2, -0.15) is 6.07 Å². The van der Waals surface area contributed by atoms with Gasteiger partial charge in [-0.3, -0.25) is 4.98 Å². The van der Waals surface area contributed by atoms with Gasteiger partial charge >= 0.3 is 20.4 Å². The van der Waals surface area contributed by atoms with Gasteiger partial charge < -0.3 is 13.7 Å². The average Bonchev–Trinajstić information content (AvgIpc) is 3.68. The molecule has 240 valence electrons. The Labute approximate surface area is 301 Å². The molecule has 7 heteroatoms. The van der Waals surface area contributed by atoms with Crippen molar-refractivity contribution in [2.24, 2.45) is 0 Å². The quantitative estimate of drug-likeness (QED) is 0.103. The Morgan fingerprint density at radius 1 is 0.580 bits per heavy atom. The van der Waals surface area contributed by atoms with Gasteiger partial charge in [0.05, 0.1) is 22.4 Å². The van der Waals surface area contributed by atoms with E-state index in [-0.39, 0.29) is 20.4 Å². The van der Waals surface area contributed by atoms with E-state index >= 15 is 0 Å². The number of hydrogen-bond acceptors (Lipinski definition) is 4. The summed E-state index contributed by atoms with van der Waals surface area (Å²) in [6.07, 6.45) is 1.81. The minimum atomic E-state index is 0. The summed E-state index contributed by atoms with van der Waals surface area (Å²) in [6.45, 7) is 4.28. The van der Waals surface area contributed by atoms with Crippen LogP contribution in [0.25, 0.3) is 77.4 Å². The van der Waals surface area contributed by atoms with Crippen LogP contribution in [-0.4, -0.2) is 23.9 Å². The van der Waals surface area contributed by atoms with Crippen molar-refractivity contribution in [2.45, 2.75) is 13.8 Å². The molecule has 0 saturated carbocycles. The third-order valence-electron chi connectivity index (χ3n) is 9.47. The Kier molecular flexibility index (Phi) is 7.03. The van der Waals surface area contributed by atoms with Crippen LogP contribution in [0.5, 0.6) is 11.5 Å². The number of aryl methyl sites for hydroxylation is 2. The standard InChI is InChI=1S/C43H27N5O.Pd/c1-26-10-9-11-27(2)41(26)36-22-21-33-30-19-17-28(24-34(30)43-45-35-13-4-6-15-38(35)48(43)42(33)46-36)49-29-18-20-32-31-12-3-5-14-37(31)47(39(32)25-29)40-16-7-8-23-44-40;/h3-23H,1-2H3;/q-2;+2. The first-order valence-electron chi connectivity index (χ1n) is 16.3. The monoisotopic (exact) mass is 735 g/mol. The fourth-order valence-electron chi connectivity index (χ4n) is 7.31. The number of ether oxygens (including phenoxy) is 1. The molecule has 6 nitrogen and oxygen atoms in total. The Balaban J connectivity index is 0.00000336. The fraction of sp³-hybridized carbons (Fsp3) is 0.0465. The Morgan fingerprint density at radius 2 is 1.30 bits per heavy atom. The number of nitrogens with zero attached hydrogens (tertiary/aromatic N) is 5. The summed E-state index contributed by atoms with van der Waals surface area (Å²) in [5.74, 6) is 2.00. The van der Waals surface area contributed by atoms with Crippen LogP contribution in [0.2, 0.25) is 0 Å². The molecule has 0 spiro atoms. The Bertz CT molecular complexity index is 2930. The van der Waals surface area contributed by atoms with Gasteiger partial charge in [-0.1, -0.05) is 83.0 Å². The molecule has 0 saturated heterocycles. The van der Waals surface area contributed by atoms with Gasteiger partial charge in [0.2, 0.25) is 0 Å². The molecule has 0 amide bonds. The van der Waals surface area contributed by atoms with E-state index in [1.165, 1.54) is 11.1 Å². The van der Waals surface area contributed by atoms with Gasteiger partial charge in [-0.25, -0.2) is 9.97 Å². The second kappa shape index (κ2) is 11.6. The number of fused-ring (bicyclic) bond motifs is 11. The first-order chi connectivity index (χ1) is 24.1. The third kappa shape index (κ3) is 4.55. The van der Waals surface area contributed by atoms with E-state index < -0.39 is 0 Å². The SMILES string of the molecule is Cc1cccc(C)c1-c1ccc2c3ccc(Oc4[c-]c5c(cc4)c4ccccc4n5-c4ccccn4)[c-]c3c3nc4ccccc4n3c2n1.[Pd+2]. The smallest absolute Gasteiger partial charge is 0.503 e. The van der Waals surface area contributed by atoms with Gasteiger partial charge in [0.15, 0.2) is 0 Å². The largest absolute Gasteiger partial charge is 2.00 e. The molecular weight excluding hydrogens is 709 g/mol. The summed E-state index contributed by atoms with van der Waals surface area (Å²) in [6, 6.07) is 48.4. The van der Waals surface area contributed by atoms with Crippen LogP contribution in [0, 0.1) is 26.0 Å². The van der Waals surface area contributed by atoms with Crippen molar-refractivity contribution in [2.75, 3.05) is 0 Å². The number of aromatic nitrogens is 5. The van der Waals surface area contributed by atoms with E-state index in [0.717, 1.165) is 77.4 Å². The summed E-state index contributed by atoms with van der Waals surface area (Å²) in [5.41, 5.74) is 10.0. The molecule has 10 rings (SSSR count). The number of pyridine rings is 3. The maximum atomic E-state index is 6.52. The molecule has 0 aliphatic heterocycles. The van der Waals surface area contributed by atoms with E-state index in [1.54, 1.807) is 0 Å². The Hall–Kier alpha value is -5.87. The summed E-state index contributed by atoms with van der Waals surface area (Å²) in [7, 11) is 0. The van der Waals surface area contributed by atoms with Crippen LogP contribution in [0.4, 0.5) is 0 Å². The van der Waals surface area contributed by atoms with E-state index in [1.807, 2.05) is 60.8 Å². The molecule has 0 N–H and O–H groups in total. The number of imidazole rings is 1.